The molecule has 0 aliphatic heterocycles. The smallest absolute Gasteiger partial charge is 0.0730 e. The Morgan fingerprint density at radius 2 is 0.979 bits per heavy atom. The van der Waals surface area contributed by atoms with Crippen LogP contribution in [0.15, 0.2) is 164 Å². The lowest BCUT2D eigenvalue weighted by molar-refractivity contribution is 0.590. The van der Waals surface area contributed by atoms with Crippen LogP contribution in [0.1, 0.15) is 26.3 Å². The number of nitrogens with one attached hydrogen (secondary N) is 1. The van der Waals surface area contributed by atoms with Gasteiger partial charge in [0.05, 0.1) is 17.1 Å². The molecule has 0 aliphatic carbocycles. The van der Waals surface area contributed by atoms with Gasteiger partial charge in [-0.3, -0.25) is 4.98 Å². The van der Waals surface area contributed by atoms with Crippen molar-refractivity contribution in [2.75, 3.05) is 5.32 Å². The number of benzene rings is 5. The van der Waals surface area contributed by atoms with Crippen LogP contribution in [0.25, 0.3) is 56.0 Å². The van der Waals surface area contributed by atoms with Crippen LogP contribution in [0.4, 0.5) is 11.4 Å². The fourth-order valence-electron chi connectivity index (χ4n) is 5.89. The molecule has 0 saturated heterocycles. The van der Waals surface area contributed by atoms with Crippen molar-refractivity contribution in [3.63, 3.8) is 0 Å². The van der Waals surface area contributed by atoms with Gasteiger partial charge in [0, 0.05) is 34.3 Å². The Balaban J connectivity index is 1.37. The first-order chi connectivity index (χ1) is 22.9. The SMILES string of the molecule is CC(C)(C)c1ccc(Nc2ccc(-c3ccccc3)cc2-c2cc(-c3ccccc3)ccn2)c(-c2cccc(-c3ccccc3)n2)c1. The van der Waals surface area contributed by atoms with E-state index in [9.17, 15) is 0 Å². The molecule has 0 spiro atoms. The zero-order valence-electron chi connectivity index (χ0n) is 27.0. The highest BCUT2D eigenvalue weighted by molar-refractivity contribution is 5.89. The summed E-state index contributed by atoms with van der Waals surface area (Å²) in [6.45, 7) is 6.75. The first-order valence-corrected chi connectivity index (χ1v) is 16.1. The van der Waals surface area contributed by atoms with Gasteiger partial charge in [-0.1, -0.05) is 130 Å². The second-order valence-corrected chi connectivity index (χ2v) is 12.8. The van der Waals surface area contributed by atoms with Crippen LogP contribution in [-0.2, 0) is 5.41 Å². The molecule has 0 fully saturated rings. The summed E-state index contributed by atoms with van der Waals surface area (Å²) in [5.41, 5.74) is 13.7. The predicted octanol–water partition coefficient (Wildman–Crippen LogP) is 11.9. The van der Waals surface area contributed by atoms with Crippen LogP contribution in [0, 0.1) is 0 Å². The number of hydrogen-bond donors (Lipinski definition) is 1. The van der Waals surface area contributed by atoms with Crippen LogP contribution in [0.2, 0.25) is 0 Å². The lowest BCUT2D eigenvalue weighted by Gasteiger charge is -2.23. The van der Waals surface area contributed by atoms with Gasteiger partial charge < -0.3 is 5.32 Å². The second-order valence-electron chi connectivity index (χ2n) is 12.8. The fourth-order valence-corrected chi connectivity index (χ4v) is 5.89. The van der Waals surface area contributed by atoms with E-state index >= 15 is 0 Å². The Morgan fingerprint density at radius 3 is 1.62 bits per heavy atom. The third kappa shape index (κ3) is 6.61. The minimum Gasteiger partial charge on any atom is -0.354 e. The number of hydrogen-bond acceptors (Lipinski definition) is 3. The molecule has 7 rings (SSSR count). The predicted molar refractivity (Wildman–Crippen MR) is 198 cm³/mol. The van der Waals surface area contributed by atoms with Gasteiger partial charge >= 0.3 is 0 Å². The third-order valence-corrected chi connectivity index (χ3v) is 8.52. The van der Waals surface area contributed by atoms with Crippen LogP contribution in [0.5, 0.6) is 0 Å². The number of aromatic nitrogens is 2. The average molecular weight is 608 g/mol. The molecule has 5 aromatic carbocycles. The number of pyridine rings is 2. The Hall–Kier alpha value is -5.80. The van der Waals surface area contributed by atoms with Crippen molar-refractivity contribution in [2.45, 2.75) is 26.2 Å². The van der Waals surface area contributed by atoms with Crippen LogP contribution in [0.3, 0.4) is 0 Å². The maximum atomic E-state index is 5.17. The van der Waals surface area contributed by atoms with Crippen LogP contribution >= 0.6 is 0 Å². The van der Waals surface area contributed by atoms with E-state index in [2.05, 4.69) is 172 Å². The van der Waals surface area contributed by atoms with Crippen molar-refractivity contribution in [3.05, 3.63) is 169 Å². The summed E-state index contributed by atoms with van der Waals surface area (Å²) in [7, 11) is 0. The van der Waals surface area contributed by atoms with Gasteiger partial charge in [-0.05, 0) is 81.8 Å². The molecule has 2 heterocycles. The summed E-state index contributed by atoms with van der Waals surface area (Å²) in [6, 6.07) is 55.1. The summed E-state index contributed by atoms with van der Waals surface area (Å²) >= 11 is 0. The van der Waals surface area contributed by atoms with Crippen molar-refractivity contribution in [3.8, 4) is 56.0 Å². The Bertz CT molecular complexity index is 2130. The average Bonchev–Trinajstić information content (AvgIpc) is 3.13. The molecule has 0 aliphatic rings. The molecule has 3 nitrogen and oxygen atoms in total. The maximum Gasteiger partial charge on any atom is 0.0730 e. The Labute approximate surface area is 277 Å². The van der Waals surface area contributed by atoms with Gasteiger partial charge in [-0.2, -0.15) is 0 Å². The molecule has 3 heteroatoms. The number of anilines is 2. The van der Waals surface area contributed by atoms with E-state index in [-0.39, 0.29) is 5.41 Å². The molecule has 0 radical (unpaired) electrons. The lowest BCUT2D eigenvalue weighted by atomic mass is 9.85. The fraction of sp³-hybridized carbons (Fsp3) is 0.0909. The monoisotopic (exact) mass is 607 g/mol. The van der Waals surface area contributed by atoms with Gasteiger partial charge in [0.25, 0.3) is 0 Å². The Morgan fingerprint density at radius 1 is 0.426 bits per heavy atom. The number of rotatable bonds is 7. The summed E-state index contributed by atoms with van der Waals surface area (Å²) in [5.74, 6) is 0. The van der Waals surface area contributed by atoms with Gasteiger partial charge in [-0.25, -0.2) is 4.98 Å². The normalized spacial score (nSPS) is 11.3. The van der Waals surface area contributed by atoms with Crippen molar-refractivity contribution < 1.29 is 0 Å². The van der Waals surface area contributed by atoms with E-state index in [0.29, 0.717) is 0 Å². The molecule has 228 valence electrons. The molecule has 0 bridgehead atoms. The van der Waals surface area contributed by atoms with Crippen molar-refractivity contribution >= 4 is 11.4 Å². The number of nitrogens with zero attached hydrogens (tertiary/aromatic N) is 2. The van der Waals surface area contributed by atoms with Gasteiger partial charge in [0.2, 0.25) is 0 Å². The van der Waals surface area contributed by atoms with E-state index in [0.717, 1.165) is 67.4 Å². The largest absolute Gasteiger partial charge is 0.354 e. The van der Waals surface area contributed by atoms with E-state index in [1.807, 2.05) is 18.3 Å². The topological polar surface area (TPSA) is 37.8 Å². The van der Waals surface area contributed by atoms with E-state index in [4.69, 9.17) is 9.97 Å². The first-order valence-electron chi connectivity index (χ1n) is 16.1. The highest BCUT2D eigenvalue weighted by Gasteiger charge is 2.19. The highest BCUT2D eigenvalue weighted by atomic mass is 14.9. The summed E-state index contributed by atoms with van der Waals surface area (Å²) in [4.78, 5) is 10.1. The minimum atomic E-state index is -0.0192. The first kappa shape index (κ1) is 29.9. The van der Waals surface area contributed by atoms with E-state index < -0.39 is 0 Å². The lowest BCUT2D eigenvalue weighted by Crippen LogP contribution is -2.11. The van der Waals surface area contributed by atoms with Crippen LogP contribution < -0.4 is 5.32 Å². The minimum absolute atomic E-state index is 0.0192. The molecule has 0 unspecified atom stereocenters. The second kappa shape index (κ2) is 12.9. The molecule has 0 atom stereocenters. The van der Waals surface area contributed by atoms with E-state index in [1.54, 1.807) is 0 Å². The standard InChI is InChI=1S/C44H37N3/c1-44(2,3)36-23-25-42(38(30-36)40-21-13-20-39(46-40)33-18-11-6-12-19-33)47-41-24-22-34(31-14-7-4-8-15-31)28-37(41)43-29-35(26-27-45-43)32-16-9-5-10-17-32/h4-30,47H,1-3H3. The zero-order valence-corrected chi connectivity index (χ0v) is 27.0. The highest BCUT2D eigenvalue weighted by Crippen LogP contribution is 2.39. The van der Waals surface area contributed by atoms with E-state index in [1.165, 1.54) is 5.56 Å². The molecular weight excluding hydrogens is 571 g/mol. The molecule has 1 N–H and O–H groups in total. The quantitative estimate of drug-likeness (QED) is 0.196. The summed E-state index contributed by atoms with van der Waals surface area (Å²) in [5, 5.41) is 3.83. The maximum absolute atomic E-state index is 5.17. The third-order valence-electron chi connectivity index (χ3n) is 8.52. The summed E-state index contributed by atoms with van der Waals surface area (Å²) in [6.07, 6.45) is 1.90. The van der Waals surface area contributed by atoms with Gasteiger partial charge in [0.15, 0.2) is 0 Å². The van der Waals surface area contributed by atoms with Crippen molar-refractivity contribution in [1.82, 2.24) is 9.97 Å². The summed E-state index contributed by atoms with van der Waals surface area (Å²) < 4.78 is 0. The van der Waals surface area contributed by atoms with Crippen LogP contribution in [-0.4, -0.2) is 9.97 Å². The molecule has 2 aromatic heterocycles. The molecule has 0 saturated carbocycles. The molecular formula is C44H37N3. The molecule has 7 aromatic rings. The zero-order chi connectivity index (χ0) is 32.2. The van der Waals surface area contributed by atoms with Crippen molar-refractivity contribution in [2.24, 2.45) is 0 Å². The van der Waals surface area contributed by atoms with Gasteiger partial charge in [0.1, 0.15) is 0 Å². The van der Waals surface area contributed by atoms with Gasteiger partial charge in [-0.15, -0.1) is 0 Å². The molecule has 0 amide bonds. The Kier molecular flexibility index (Phi) is 8.20. The van der Waals surface area contributed by atoms with Crippen molar-refractivity contribution in [1.29, 1.82) is 0 Å². The molecule has 47 heavy (non-hydrogen) atoms.